The smallest absolute Gasteiger partial charge is 0.320 e. The van der Waals surface area contributed by atoms with Crippen molar-refractivity contribution in [3.8, 4) is 11.1 Å². The number of aromatic nitrogens is 2. The predicted molar refractivity (Wildman–Crippen MR) is 93.6 cm³/mol. The van der Waals surface area contributed by atoms with Gasteiger partial charge in [0.25, 0.3) is 0 Å². The van der Waals surface area contributed by atoms with Crippen molar-refractivity contribution < 1.29 is 4.79 Å². The van der Waals surface area contributed by atoms with Crippen LogP contribution in [0.5, 0.6) is 0 Å². The van der Waals surface area contributed by atoms with E-state index < -0.39 is 0 Å². The Morgan fingerprint density at radius 3 is 2.83 bits per heavy atom. The summed E-state index contributed by atoms with van der Waals surface area (Å²) in [4.78, 5) is 11.8. The normalized spacial score (nSPS) is 10.7. The minimum absolute atomic E-state index is 0.233. The highest BCUT2D eigenvalue weighted by molar-refractivity contribution is 6.00. The van der Waals surface area contributed by atoms with E-state index in [0.29, 0.717) is 12.4 Å². The standard InChI is InChI=1S/C18H20N4O/c1-3-10-19-18(23)20-17-15-9-8-13(11-16(15)21-22-17)14-7-5-4-6-12(14)2/h4-9,11H,3,10H2,1-2H3,(H3,19,20,21,22,23). The third-order valence-electron chi connectivity index (χ3n) is 3.79. The number of aryl methyl sites for hydroxylation is 1. The Bertz CT molecular complexity index is 838. The molecular formula is C18H20N4O. The molecule has 3 aromatic rings. The second-order valence-electron chi connectivity index (χ2n) is 5.53. The van der Waals surface area contributed by atoms with E-state index in [4.69, 9.17) is 0 Å². The number of urea groups is 1. The van der Waals surface area contributed by atoms with Crippen LogP contribution in [0.4, 0.5) is 10.6 Å². The van der Waals surface area contributed by atoms with Crippen molar-refractivity contribution in [2.45, 2.75) is 20.3 Å². The molecule has 5 nitrogen and oxygen atoms in total. The monoisotopic (exact) mass is 308 g/mol. The summed E-state index contributed by atoms with van der Waals surface area (Å²) >= 11 is 0. The van der Waals surface area contributed by atoms with Gasteiger partial charge in [-0.2, -0.15) is 5.10 Å². The zero-order chi connectivity index (χ0) is 16.2. The third-order valence-corrected chi connectivity index (χ3v) is 3.79. The van der Waals surface area contributed by atoms with Gasteiger partial charge in [-0.05, 0) is 42.2 Å². The fourth-order valence-electron chi connectivity index (χ4n) is 2.57. The summed E-state index contributed by atoms with van der Waals surface area (Å²) in [6.45, 7) is 4.75. The Labute approximate surface area is 135 Å². The molecule has 5 heteroatoms. The van der Waals surface area contributed by atoms with E-state index in [1.807, 2.05) is 25.1 Å². The van der Waals surface area contributed by atoms with Gasteiger partial charge in [0.2, 0.25) is 0 Å². The first-order valence-corrected chi connectivity index (χ1v) is 7.78. The molecule has 0 aliphatic heterocycles. The number of benzene rings is 2. The molecule has 2 aromatic carbocycles. The molecule has 3 N–H and O–H groups in total. The molecular weight excluding hydrogens is 288 g/mol. The summed E-state index contributed by atoms with van der Waals surface area (Å²) in [5.74, 6) is 0.546. The van der Waals surface area contributed by atoms with Crippen LogP contribution in [0, 0.1) is 6.92 Å². The van der Waals surface area contributed by atoms with Gasteiger partial charge in [-0.1, -0.05) is 37.3 Å². The van der Waals surface area contributed by atoms with Gasteiger partial charge < -0.3 is 5.32 Å². The Balaban J connectivity index is 1.89. The van der Waals surface area contributed by atoms with Crippen LogP contribution in [0.1, 0.15) is 18.9 Å². The first-order valence-electron chi connectivity index (χ1n) is 7.78. The van der Waals surface area contributed by atoms with Crippen molar-refractivity contribution in [3.63, 3.8) is 0 Å². The molecule has 0 radical (unpaired) electrons. The average Bonchev–Trinajstić information content (AvgIpc) is 2.95. The van der Waals surface area contributed by atoms with Crippen molar-refractivity contribution in [1.29, 1.82) is 0 Å². The second kappa shape index (κ2) is 6.52. The maximum atomic E-state index is 11.8. The van der Waals surface area contributed by atoms with E-state index in [9.17, 15) is 4.79 Å². The molecule has 0 aliphatic carbocycles. The van der Waals surface area contributed by atoms with E-state index in [1.165, 1.54) is 11.1 Å². The Morgan fingerprint density at radius 2 is 2.04 bits per heavy atom. The van der Waals surface area contributed by atoms with Crippen LogP contribution in [0.3, 0.4) is 0 Å². The molecule has 0 unspecified atom stereocenters. The summed E-state index contributed by atoms with van der Waals surface area (Å²) < 4.78 is 0. The number of rotatable bonds is 4. The van der Waals surface area contributed by atoms with Crippen molar-refractivity contribution >= 4 is 22.8 Å². The topological polar surface area (TPSA) is 69.8 Å². The van der Waals surface area contributed by atoms with Crippen molar-refractivity contribution in [3.05, 3.63) is 48.0 Å². The second-order valence-corrected chi connectivity index (χ2v) is 5.53. The minimum Gasteiger partial charge on any atom is -0.338 e. The fraction of sp³-hybridized carbons (Fsp3) is 0.222. The number of carbonyl (C=O) groups excluding carboxylic acids is 1. The average molecular weight is 308 g/mol. The van der Waals surface area contributed by atoms with Gasteiger partial charge in [0.15, 0.2) is 5.82 Å². The van der Waals surface area contributed by atoms with Gasteiger partial charge in [0, 0.05) is 11.9 Å². The highest BCUT2D eigenvalue weighted by Crippen LogP contribution is 2.28. The molecule has 0 aliphatic rings. The Morgan fingerprint density at radius 1 is 1.22 bits per heavy atom. The molecule has 0 saturated carbocycles. The van der Waals surface area contributed by atoms with Gasteiger partial charge in [-0.3, -0.25) is 10.4 Å². The van der Waals surface area contributed by atoms with Crippen LogP contribution in [0.15, 0.2) is 42.5 Å². The van der Waals surface area contributed by atoms with Gasteiger partial charge in [0.1, 0.15) is 0 Å². The molecule has 0 atom stereocenters. The molecule has 0 fully saturated rings. The van der Waals surface area contributed by atoms with Crippen LogP contribution >= 0.6 is 0 Å². The highest BCUT2D eigenvalue weighted by atomic mass is 16.2. The van der Waals surface area contributed by atoms with Crippen molar-refractivity contribution in [2.24, 2.45) is 0 Å². The summed E-state index contributed by atoms with van der Waals surface area (Å²) in [7, 11) is 0. The maximum Gasteiger partial charge on any atom is 0.320 e. The first kappa shape index (κ1) is 15.1. The molecule has 0 saturated heterocycles. The summed E-state index contributed by atoms with van der Waals surface area (Å²) in [6.07, 6.45) is 0.897. The number of amides is 2. The number of carbonyl (C=O) groups is 1. The number of aromatic amines is 1. The quantitative estimate of drug-likeness (QED) is 0.680. The van der Waals surface area contributed by atoms with Gasteiger partial charge >= 0.3 is 6.03 Å². The molecule has 3 rings (SSSR count). The van der Waals surface area contributed by atoms with Gasteiger partial charge in [0.05, 0.1) is 5.52 Å². The lowest BCUT2D eigenvalue weighted by atomic mass is 10.00. The van der Waals surface area contributed by atoms with Crippen LogP contribution < -0.4 is 10.6 Å². The van der Waals surface area contributed by atoms with Crippen LogP contribution in [-0.2, 0) is 0 Å². The van der Waals surface area contributed by atoms with Crippen LogP contribution in [-0.4, -0.2) is 22.8 Å². The van der Waals surface area contributed by atoms with E-state index in [0.717, 1.165) is 22.9 Å². The third kappa shape index (κ3) is 3.18. The van der Waals surface area contributed by atoms with Crippen molar-refractivity contribution in [1.82, 2.24) is 15.5 Å². The predicted octanol–water partition coefficient (Wildman–Crippen LogP) is 4.07. The number of H-pyrrole nitrogens is 1. The summed E-state index contributed by atoms with van der Waals surface area (Å²) in [5.41, 5.74) is 4.45. The van der Waals surface area contributed by atoms with Crippen LogP contribution in [0.25, 0.3) is 22.0 Å². The maximum absolute atomic E-state index is 11.8. The highest BCUT2D eigenvalue weighted by Gasteiger charge is 2.10. The van der Waals surface area contributed by atoms with E-state index in [2.05, 4.69) is 52.0 Å². The van der Waals surface area contributed by atoms with Gasteiger partial charge in [-0.15, -0.1) is 0 Å². The molecule has 2 amide bonds. The Kier molecular flexibility index (Phi) is 4.28. The lowest BCUT2D eigenvalue weighted by Gasteiger charge is -2.06. The summed E-state index contributed by atoms with van der Waals surface area (Å²) in [6, 6.07) is 14.1. The molecule has 1 heterocycles. The van der Waals surface area contributed by atoms with E-state index >= 15 is 0 Å². The lowest BCUT2D eigenvalue weighted by molar-refractivity contribution is 0.252. The van der Waals surface area contributed by atoms with Gasteiger partial charge in [-0.25, -0.2) is 4.79 Å². The zero-order valence-corrected chi connectivity index (χ0v) is 13.3. The number of hydrogen-bond donors (Lipinski definition) is 3. The molecule has 1 aromatic heterocycles. The molecule has 23 heavy (non-hydrogen) atoms. The molecule has 118 valence electrons. The molecule has 0 spiro atoms. The van der Waals surface area contributed by atoms with E-state index in [-0.39, 0.29) is 6.03 Å². The zero-order valence-electron chi connectivity index (χ0n) is 13.3. The lowest BCUT2D eigenvalue weighted by Crippen LogP contribution is -2.29. The SMILES string of the molecule is CCCNC(=O)Nc1n[nH]c2cc(-c3ccccc3C)ccc12. The first-order chi connectivity index (χ1) is 11.2. The van der Waals surface area contributed by atoms with E-state index in [1.54, 1.807) is 0 Å². The van der Waals surface area contributed by atoms with Crippen molar-refractivity contribution in [2.75, 3.05) is 11.9 Å². The number of nitrogens with one attached hydrogen (secondary N) is 3. The largest absolute Gasteiger partial charge is 0.338 e. The van der Waals surface area contributed by atoms with Crippen LogP contribution in [0.2, 0.25) is 0 Å². The fourth-order valence-corrected chi connectivity index (χ4v) is 2.57. The number of fused-ring (bicyclic) bond motifs is 1. The summed E-state index contributed by atoms with van der Waals surface area (Å²) in [5, 5.41) is 13.6. The minimum atomic E-state index is -0.233. The number of anilines is 1. The Hall–Kier alpha value is -2.82. The molecule has 0 bridgehead atoms. The number of nitrogens with zero attached hydrogens (tertiary/aromatic N) is 1. The number of hydrogen-bond acceptors (Lipinski definition) is 2.